The molecule has 0 bridgehead atoms. The number of carbonyl (C=O) groups is 2. The predicted molar refractivity (Wildman–Crippen MR) is 109 cm³/mol. The van der Waals surface area contributed by atoms with Crippen LogP contribution in [0.2, 0.25) is 0 Å². The summed E-state index contributed by atoms with van der Waals surface area (Å²) in [5, 5.41) is 5.76. The van der Waals surface area contributed by atoms with Crippen LogP contribution in [0, 0.1) is 20.8 Å². The highest BCUT2D eigenvalue weighted by Crippen LogP contribution is 2.20. The molecule has 3 aromatic rings. The third-order valence-electron chi connectivity index (χ3n) is 4.57. The van der Waals surface area contributed by atoms with E-state index in [1.807, 2.05) is 57.2 Å². The molecular formula is C23H22N2O2. The summed E-state index contributed by atoms with van der Waals surface area (Å²) >= 11 is 0. The van der Waals surface area contributed by atoms with Gasteiger partial charge in [0.25, 0.3) is 11.8 Å². The van der Waals surface area contributed by atoms with E-state index in [0.29, 0.717) is 16.8 Å². The van der Waals surface area contributed by atoms with E-state index in [1.54, 1.807) is 30.3 Å². The quantitative estimate of drug-likeness (QED) is 0.680. The van der Waals surface area contributed by atoms with Gasteiger partial charge >= 0.3 is 0 Å². The minimum Gasteiger partial charge on any atom is -0.322 e. The van der Waals surface area contributed by atoms with Crippen molar-refractivity contribution < 1.29 is 9.59 Å². The monoisotopic (exact) mass is 358 g/mol. The first kappa shape index (κ1) is 18.4. The molecule has 0 spiro atoms. The normalized spacial score (nSPS) is 10.3. The van der Waals surface area contributed by atoms with Gasteiger partial charge in [-0.1, -0.05) is 36.4 Å². The highest BCUT2D eigenvalue weighted by Gasteiger charge is 2.15. The summed E-state index contributed by atoms with van der Waals surface area (Å²) in [5.74, 6) is -0.501. The third kappa shape index (κ3) is 4.23. The van der Waals surface area contributed by atoms with E-state index in [4.69, 9.17) is 0 Å². The van der Waals surface area contributed by atoms with E-state index in [-0.39, 0.29) is 11.8 Å². The summed E-state index contributed by atoms with van der Waals surface area (Å²) in [4.78, 5) is 25.4. The van der Waals surface area contributed by atoms with Crippen molar-refractivity contribution in [2.45, 2.75) is 20.8 Å². The van der Waals surface area contributed by atoms with Crippen molar-refractivity contribution in [2.75, 3.05) is 10.6 Å². The van der Waals surface area contributed by atoms with E-state index in [1.165, 1.54) is 5.56 Å². The van der Waals surface area contributed by atoms with Crippen molar-refractivity contribution in [3.8, 4) is 0 Å². The number of nitrogens with one attached hydrogen (secondary N) is 2. The largest absolute Gasteiger partial charge is 0.322 e. The minimum atomic E-state index is -0.265. The third-order valence-corrected chi connectivity index (χ3v) is 4.57. The van der Waals surface area contributed by atoms with Gasteiger partial charge in [0.05, 0.1) is 11.3 Å². The molecule has 0 unspecified atom stereocenters. The zero-order chi connectivity index (χ0) is 19.4. The lowest BCUT2D eigenvalue weighted by Crippen LogP contribution is -2.18. The van der Waals surface area contributed by atoms with Gasteiger partial charge in [0.15, 0.2) is 0 Å². The molecule has 27 heavy (non-hydrogen) atoms. The topological polar surface area (TPSA) is 58.2 Å². The lowest BCUT2D eigenvalue weighted by molar-refractivity contribution is 0.102. The second-order valence-electron chi connectivity index (χ2n) is 6.57. The molecule has 0 radical (unpaired) electrons. The van der Waals surface area contributed by atoms with Crippen molar-refractivity contribution in [1.29, 1.82) is 0 Å². The fraction of sp³-hybridized carbons (Fsp3) is 0.130. The van der Waals surface area contributed by atoms with Gasteiger partial charge < -0.3 is 10.6 Å². The molecule has 0 aliphatic heterocycles. The van der Waals surface area contributed by atoms with E-state index in [9.17, 15) is 9.59 Å². The molecule has 4 heteroatoms. The Morgan fingerprint density at radius 2 is 1.26 bits per heavy atom. The van der Waals surface area contributed by atoms with Crippen LogP contribution < -0.4 is 10.6 Å². The lowest BCUT2D eigenvalue weighted by atomic mass is 10.1. The van der Waals surface area contributed by atoms with Gasteiger partial charge in [-0.25, -0.2) is 0 Å². The summed E-state index contributed by atoms with van der Waals surface area (Å²) in [7, 11) is 0. The molecule has 0 heterocycles. The average molecular weight is 358 g/mol. The zero-order valence-electron chi connectivity index (χ0n) is 15.7. The van der Waals surface area contributed by atoms with E-state index in [2.05, 4.69) is 10.6 Å². The standard InChI is InChI=1S/C23H22N2O2/c1-15-12-13-18(14-17(15)3)24-23(27)20-10-6-7-11-21(20)25-22(26)19-9-5-4-8-16(19)2/h4-14H,1-3H3,(H,24,27)(H,25,26). The molecule has 3 rings (SSSR count). The van der Waals surface area contributed by atoms with Crippen LogP contribution >= 0.6 is 0 Å². The number of amides is 2. The smallest absolute Gasteiger partial charge is 0.257 e. The van der Waals surface area contributed by atoms with Gasteiger partial charge in [0.1, 0.15) is 0 Å². The Kier molecular flexibility index (Phi) is 5.36. The molecule has 0 aliphatic rings. The molecule has 4 nitrogen and oxygen atoms in total. The van der Waals surface area contributed by atoms with Crippen molar-refractivity contribution >= 4 is 23.2 Å². The first-order valence-corrected chi connectivity index (χ1v) is 8.80. The van der Waals surface area contributed by atoms with Crippen molar-refractivity contribution in [2.24, 2.45) is 0 Å². The van der Waals surface area contributed by atoms with Gasteiger partial charge in [-0.3, -0.25) is 9.59 Å². The number of rotatable bonds is 4. The summed E-state index contributed by atoms with van der Waals surface area (Å²) in [6, 6.07) is 20.1. The molecular weight excluding hydrogens is 336 g/mol. The van der Waals surface area contributed by atoms with E-state index < -0.39 is 0 Å². The van der Waals surface area contributed by atoms with Crippen molar-refractivity contribution in [3.63, 3.8) is 0 Å². The maximum absolute atomic E-state index is 12.8. The van der Waals surface area contributed by atoms with E-state index in [0.717, 1.165) is 16.8 Å². The van der Waals surface area contributed by atoms with Crippen LogP contribution in [0.3, 0.4) is 0 Å². The maximum atomic E-state index is 12.8. The number of benzene rings is 3. The highest BCUT2D eigenvalue weighted by atomic mass is 16.2. The molecule has 0 atom stereocenters. The molecule has 3 aromatic carbocycles. The zero-order valence-corrected chi connectivity index (χ0v) is 15.7. The highest BCUT2D eigenvalue weighted by molar-refractivity contribution is 6.12. The Balaban J connectivity index is 1.83. The first-order valence-electron chi connectivity index (χ1n) is 8.80. The molecule has 0 saturated carbocycles. The summed E-state index contributed by atoms with van der Waals surface area (Å²) < 4.78 is 0. The summed E-state index contributed by atoms with van der Waals surface area (Å²) in [5.41, 5.74) is 5.36. The number of hydrogen-bond acceptors (Lipinski definition) is 2. The lowest BCUT2D eigenvalue weighted by Gasteiger charge is -2.13. The second-order valence-corrected chi connectivity index (χ2v) is 6.57. The summed E-state index contributed by atoms with van der Waals surface area (Å²) in [6.45, 7) is 5.91. The Morgan fingerprint density at radius 3 is 1.96 bits per heavy atom. The van der Waals surface area contributed by atoms with Crippen LogP contribution in [0.1, 0.15) is 37.4 Å². The van der Waals surface area contributed by atoms with Crippen LogP contribution in [0.15, 0.2) is 66.7 Å². The fourth-order valence-corrected chi connectivity index (χ4v) is 2.83. The fourth-order valence-electron chi connectivity index (χ4n) is 2.83. The Morgan fingerprint density at radius 1 is 0.630 bits per heavy atom. The van der Waals surface area contributed by atoms with Gasteiger partial charge in [-0.15, -0.1) is 0 Å². The van der Waals surface area contributed by atoms with Crippen molar-refractivity contribution in [1.82, 2.24) is 0 Å². The molecule has 136 valence electrons. The van der Waals surface area contributed by atoms with Crippen LogP contribution in [0.5, 0.6) is 0 Å². The minimum absolute atomic E-state index is 0.237. The number of hydrogen-bond donors (Lipinski definition) is 2. The molecule has 0 fully saturated rings. The number of carbonyl (C=O) groups excluding carboxylic acids is 2. The SMILES string of the molecule is Cc1ccc(NC(=O)c2ccccc2NC(=O)c2ccccc2C)cc1C. The van der Waals surface area contributed by atoms with Crippen LogP contribution in [0.25, 0.3) is 0 Å². The van der Waals surface area contributed by atoms with Crippen molar-refractivity contribution in [3.05, 3.63) is 94.5 Å². The molecule has 2 amide bonds. The van der Waals surface area contributed by atoms with Gasteiger partial charge in [-0.2, -0.15) is 0 Å². The number of anilines is 2. The molecule has 0 aromatic heterocycles. The maximum Gasteiger partial charge on any atom is 0.257 e. The van der Waals surface area contributed by atoms with Crippen LogP contribution in [-0.4, -0.2) is 11.8 Å². The number of para-hydroxylation sites is 1. The average Bonchev–Trinajstić information content (AvgIpc) is 2.65. The van der Waals surface area contributed by atoms with Crippen LogP contribution in [0.4, 0.5) is 11.4 Å². The number of aryl methyl sites for hydroxylation is 3. The molecule has 2 N–H and O–H groups in total. The van der Waals surface area contributed by atoms with Gasteiger partial charge in [-0.05, 0) is 67.8 Å². The predicted octanol–water partition coefficient (Wildman–Crippen LogP) is 5.12. The van der Waals surface area contributed by atoms with Crippen LogP contribution in [-0.2, 0) is 0 Å². The van der Waals surface area contributed by atoms with Gasteiger partial charge in [0, 0.05) is 11.3 Å². The Bertz CT molecular complexity index is 1010. The van der Waals surface area contributed by atoms with E-state index >= 15 is 0 Å². The molecule has 0 saturated heterocycles. The Labute approximate surface area is 159 Å². The summed E-state index contributed by atoms with van der Waals surface area (Å²) in [6.07, 6.45) is 0. The Hall–Kier alpha value is -3.40. The van der Waals surface area contributed by atoms with Gasteiger partial charge in [0.2, 0.25) is 0 Å². The first-order chi connectivity index (χ1) is 13.0. The second kappa shape index (κ2) is 7.87. The molecule has 0 aliphatic carbocycles.